The molecule has 1 heterocycles. The molecular formula is C34H31NO6S. The van der Waals surface area contributed by atoms with E-state index in [4.69, 9.17) is 14.2 Å². The third-order valence-corrected chi connectivity index (χ3v) is 8.27. The fourth-order valence-corrected chi connectivity index (χ4v) is 6.00. The van der Waals surface area contributed by atoms with Crippen LogP contribution in [0.3, 0.4) is 0 Å². The van der Waals surface area contributed by atoms with Gasteiger partial charge in [-0.15, -0.1) is 0 Å². The monoisotopic (exact) mass is 581 g/mol. The molecule has 0 atom stereocenters. The van der Waals surface area contributed by atoms with Crippen LogP contribution in [0.2, 0.25) is 0 Å². The number of esters is 1. The largest absolute Gasteiger partial charge is 0.497 e. The number of carbonyl (C=O) groups is 1. The van der Waals surface area contributed by atoms with Crippen LogP contribution in [-0.4, -0.2) is 31.6 Å². The summed E-state index contributed by atoms with van der Waals surface area (Å²) >= 11 is 0. The van der Waals surface area contributed by atoms with Gasteiger partial charge in [-0.25, -0.2) is 17.2 Å². The van der Waals surface area contributed by atoms with Crippen molar-refractivity contribution in [3.8, 4) is 33.8 Å². The smallest absolute Gasteiger partial charge is 0.357 e. The van der Waals surface area contributed by atoms with Gasteiger partial charge in [0.15, 0.2) is 5.69 Å². The second-order valence-corrected chi connectivity index (χ2v) is 11.7. The summed E-state index contributed by atoms with van der Waals surface area (Å²) in [7, 11) is -2.62. The molecule has 5 aromatic rings. The van der Waals surface area contributed by atoms with Gasteiger partial charge in [0, 0.05) is 17.3 Å². The van der Waals surface area contributed by atoms with Gasteiger partial charge in [-0.05, 0) is 66.9 Å². The summed E-state index contributed by atoms with van der Waals surface area (Å²) in [5, 5.41) is 0. The van der Waals surface area contributed by atoms with E-state index in [1.54, 1.807) is 49.6 Å². The maximum absolute atomic E-state index is 14.1. The van der Waals surface area contributed by atoms with Crippen LogP contribution in [-0.2, 0) is 21.4 Å². The third-order valence-electron chi connectivity index (χ3n) is 6.59. The van der Waals surface area contributed by atoms with Gasteiger partial charge in [-0.3, -0.25) is 0 Å². The first kappa shape index (κ1) is 28.7. The Kier molecular flexibility index (Phi) is 8.45. The van der Waals surface area contributed by atoms with Gasteiger partial charge in [0.2, 0.25) is 0 Å². The molecule has 4 aromatic carbocycles. The Labute approximate surface area is 246 Å². The molecule has 0 radical (unpaired) electrons. The molecule has 7 nitrogen and oxygen atoms in total. The molecular weight excluding hydrogens is 550 g/mol. The number of nitrogens with zero attached hydrogens (tertiary/aromatic N) is 1. The van der Waals surface area contributed by atoms with Gasteiger partial charge in [0.25, 0.3) is 10.0 Å². The number of methoxy groups -OCH3 is 1. The van der Waals surface area contributed by atoms with Crippen molar-refractivity contribution in [3.05, 3.63) is 127 Å². The molecule has 0 unspecified atom stereocenters. The lowest BCUT2D eigenvalue weighted by Gasteiger charge is -2.13. The van der Waals surface area contributed by atoms with Gasteiger partial charge < -0.3 is 14.2 Å². The van der Waals surface area contributed by atoms with Crippen molar-refractivity contribution in [2.45, 2.75) is 31.5 Å². The Hall–Kier alpha value is -4.82. The van der Waals surface area contributed by atoms with Crippen molar-refractivity contribution in [1.82, 2.24) is 3.97 Å². The van der Waals surface area contributed by atoms with Crippen molar-refractivity contribution >= 4 is 16.0 Å². The number of rotatable bonds is 10. The summed E-state index contributed by atoms with van der Waals surface area (Å²) in [5.74, 6) is 0.536. The highest BCUT2D eigenvalue weighted by Gasteiger charge is 2.31. The molecule has 0 bridgehead atoms. The minimum Gasteiger partial charge on any atom is -0.497 e. The van der Waals surface area contributed by atoms with E-state index in [0.717, 1.165) is 9.54 Å². The Morgan fingerprint density at radius 3 is 1.93 bits per heavy atom. The Balaban J connectivity index is 1.73. The topological polar surface area (TPSA) is 83.8 Å². The second-order valence-electron chi connectivity index (χ2n) is 9.86. The number of hydrogen-bond donors (Lipinski definition) is 0. The lowest BCUT2D eigenvalue weighted by atomic mass is 9.96. The lowest BCUT2D eigenvalue weighted by Crippen LogP contribution is -2.20. The Bertz CT molecular complexity index is 1760. The van der Waals surface area contributed by atoms with Crippen LogP contribution in [0.25, 0.3) is 22.3 Å². The first-order chi connectivity index (χ1) is 20.3. The summed E-state index contributed by atoms with van der Waals surface area (Å²) in [6.45, 7) is 3.87. The normalized spacial score (nSPS) is 11.3. The van der Waals surface area contributed by atoms with Crippen LogP contribution in [0.4, 0.5) is 0 Å². The highest BCUT2D eigenvalue weighted by atomic mass is 32.2. The van der Waals surface area contributed by atoms with Crippen LogP contribution in [0.1, 0.15) is 29.9 Å². The van der Waals surface area contributed by atoms with Gasteiger partial charge in [-0.2, -0.15) is 0 Å². The highest BCUT2D eigenvalue weighted by molar-refractivity contribution is 7.90. The van der Waals surface area contributed by atoms with Crippen molar-refractivity contribution < 1.29 is 27.4 Å². The molecule has 0 saturated carbocycles. The molecule has 0 fully saturated rings. The van der Waals surface area contributed by atoms with E-state index in [1.807, 2.05) is 68.4 Å². The van der Waals surface area contributed by atoms with Crippen molar-refractivity contribution in [1.29, 1.82) is 0 Å². The van der Waals surface area contributed by atoms with E-state index in [2.05, 4.69) is 0 Å². The van der Waals surface area contributed by atoms with Crippen molar-refractivity contribution in [3.63, 3.8) is 0 Å². The van der Waals surface area contributed by atoms with Gasteiger partial charge in [-0.1, -0.05) is 72.8 Å². The number of benzene rings is 4. The molecule has 0 aliphatic heterocycles. The number of aromatic nitrogens is 1. The zero-order chi connectivity index (χ0) is 29.7. The minimum atomic E-state index is -4.19. The molecule has 0 N–H and O–H groups in total. The van der Waals surface area contributed by atoms with Gasteiger partial charge in [0.05, 0.1) is 18.1 Å². The van der Waals surface area contributed by atoms with E-state index >= 15 is 0 Å². The fourth-order valence-electron chi connectivity index (χ4n) is 4.62. The predicted molar refractivity (Wildman–Crippen MR) is 162 cm³/mol. The average molecular weight is 582 g/mol. The van der Waals surface area contributed by atoms with E-state index < -0.39 is 16.0 Å². The number of carbonyl (C=O) groups excluding carboxylic acids is 1. The van der Waals surface area contributed by atoms with Crippen LogP contribution in [0.5, 0.6) is 11.5 Å². The van der Waals surface area contributed by atoms with Crippen LogP contribution >= 0.6 is 0 Å². The molecule has 0 amide bonds. The molecule has 42 heavy (non-hydrogen) atoms. The average Bonchev–Trinajstić information content (AvgIpc) is 3.43. The minimum absolute atomic E-state index is 0.00574. The quantitative estimate of drug-likeness (QED) is 0.162. The first-order valence-corrected chi connectivity index (χ1v) is 14.9. The molecule has 5 rings (SSSR count). The Morgan fingerprint density at radius 1 is 0.762 bits per heavy atom. The third kappa shape index (κ3) is 6.09. The van der Waals surface area contributed by atoms with E-state index in [9.17, 15) is 13.2 Å². The Morgan fingerprint density at radius 2 is 1.33 bits per heavy atom. The molecule has 0 saturated heterocycles. The summed E-state index contributed by atoms with van der Waals surface area (Å²) in [6.07, 6.45) is 1.48. The van der Waals surface area contributed by atoms with E-state index in [0.29, 0.717) is 33.8 Å². The van der Waals surface area contributed by atoms with Crippen molar-refractivity contribution in [2.75, 3.05) is 7.11 Å². The lowest BCUT2D eigenvalue weighted by molar-refractivity contribution is 0.0465. The maximum Gasteiger partial charge on any atom is 0.357 e. The van der Waals surface area contributed by atoms with Crippen molar-refractivity contribution in [2.24, 2.45) is 0 Å². The standard InChI is InChI=1S/C34H31NO6S/c1-24(2)41-29-20-14-26(15-21-29)31-22-35(42(37,38)30-12-8-5-9-13-30)33(32(31)27-16-18-28(39-3)19-17-27)34(36)40-23-25-10-6-4-7-11-25/h4-22,24H,23H2,1-3H3. The number of hydrogen-bond acceptors (Lipinski definition) is 6. The second kappa shape index (κ2) is 12.4. The maximum atomic E-state index is 14.1. The predicted octanol–water partition coefficient (Wildman–Crippen LogP) is 7.21. The van der Waals surface area contributed by atoms with Crippen LogP contribution in [0.15, 0.2) is 120 Å². The van der Waals surface area contributed by atoms with Gasteiger partial charge >= 0.3 is 5.97 Å². The van der Waals surface area contributed by atoms with Gasteiger partial charge in [0.1, 0.15) is 18.1 Å². The highest BCUT2D eigenvalue weighted by Crippen LogP contribution is 2.40. The summed E-state index contributed by atoms with van der Waals surface area (Å²) in [4.78, 5) is 13.9. The number of ether oxygens (including phenoxy) is 3. The molecule has 1 aromatic heterocycles. The molecule has 0 aliphatic rings. The first-order valence-electron chi connectivity index (χ1n) is 13.5. The zero-order valence-corrected chi connectivity index (χ0v) is 24.4. The van der Waals surface area contributed by atoms with Crippen LogP contribution < -0.4 is 9.47 Å². The SMILES string of the molecule is COc1ccc(-c2c(-c3ccc(OC(C)C)cc3)cn(S(=O)(=O)c3ccccc3)c2C(=O)OCc2ccccc2)cc1. The fraction of sp³-hybridized carbons (Fsp3) is 0.147. The summed E-state index contributed by atoms with van der Waals surface area (Å²) < 4.78 is 46.0. The van der Waals surface area contributed by atoms with Crippen LogP contribution in [0, 0.1) is 0 Å². The van der Waals surface area contributed by atoms with E-state index in [1.165, 1.54) is 18.3 Å². The molecule has 0 aliphatic carbocycles. The molecule has 214 valence electrons. The molecule has 0 spiro atoms. The molecule has 8 heteroatoms. The van der Waals surface area contributed by atoms with E-state index in [-0.39, 0.29) is 23.3 Å². The zero-order valence-electron chi connectivity index (χ0n) is 23.6. The summed E-state index contributed by atoms with van der Waals surface area (Å²) in [5.41, 5.74) is 2.98. The summed E-state index contributed by atoms with van der Waals surface area (Å²) in [6, 6.07) is 31.7.